The number of carbonyl (C=O) groups is 1. The van der Waals surface area contributed by atoms with Gasteiger partial charge in [-0.15, -0.1) is 11.3 Å². The van der Waals surface area contributed by atoms with Gasteiger partial charge in [-0.05, 0) is 47.9 Å². The predicted octanol–water partition coefficient (Wildman–Crippen LogP) is 5.37. The van der Waals surface area contributed by atoms with Gasteiger partial charge < -0.3 is 9.15 Å². The fourth-order valence-corrected chi connectivity index (χ4v) is 6.83. The van der Waals surface area contributed by atoms with E-state index < -0.39 is 28.3 Å². The smallest absolute Gasteiger partial charge is 0.346 e. The molecule has 10 heteroatoms. The summed E-state index contributed by atoms with van der Waals surface area (Å²) in [5, 5.41) is 1.22. The van der Waals surface area contributed by atoms with E-state index in [4.69, 9.17) is 9.15 Å². The highest BCUT2D eigenvalue weighted by atomic mass is 32.2. The van der Waals surface area contributed by atoms with Crippen molar-refractivity contribution < 1.29 is 22.4 Å². The lowest BCUT2D eigenvalue weighted by Crippen LogP contribution is -2.33. The molecule has 0 spiro atoms. The van der Waals surface area contributed by atoms with Crippen molar-refractivity contribution in [2.24, 2.45) is 0 Å². The Labute approximate surface area is 215 Å². The van der Waals surface area contributed by atoms with Crippen molar-refractivity contribution in [2.75, 3.05) is 6.73 Å². The number of fused-ring (bicyclic) bond motifs is 3. The number of ether oxygens (including phenoxy) is 1. The zero-order valence-electron chi connectivity index (χ0n) is 19.8. The minimum Gasteiger partial charge on any atom is -0.472 e. The summed E-state index contributed by atoms with van der Waals surface area (Å²) in [7, 11) is -4.04. The van der Waals surface area contributed by atoms with Crippen LogP contribution < -0.4 is 10.4 Å². The molecule has 3 aromatic carbocycles. The molecular formula is C27H20N2O6S2. The van der Waals surface area contributed by atoms with E-state index in [1.807, 2.05) is 38.1 Å². The molecule has 37 heavy (non-hydrogen) atoms. The van der Waals surface area contributed by atoms with Crippen LogP contribution in [0.15, 0.2) is 80.8 Å². The first-order valence-electron chi connectivity index (χ1n) is 11.5. The number of rotatable bonds is 5. The Kier molecular flexibility index (Phi) is 5.39. The summed E-state index contributed by atoms with van der Waals surface area (Å²) in [6.45, 7) is 3.30. The molecule has 0 bridgehead atoms. The molecule has 186 valence electrons. The molecule has 0 radical (unpaired) electrons. The minimum atomic E-state index is -4.04. The van der Waals surface area contributed by atoms with Crippen LogP contribution in [-0.4, -0.2) is 30.3 Å². The zero-order chi connectivity index (χ0) is 25.9. The summed E-state index contributed by atoms with van der Waals surface area (Å²) in [5.41, 5.74) is 1.75. The summed E-state index contributed by atoms with van der Waals surface area (Å²) in [6.07, 6.45) is 0. The third-order valence-corrected chi connectivity index (χ3v) is 9.09. The predicted molar refractivity (Wildman–Crippen MR) is 140 cm³/mol. The molecule has 0 saturated heterocycles. The van der Waals surface area contributed by atoms with Crippen molar-refractivity contribution in [1.82, 2.24) is 9.29 Å². The maximum absolute atomic E-state index is 13.1. The number of hydrogen-bond acceptors (Lipinski definition) is 8. The number of amides is 1. The van der Waals surface area contributed by atoms with Gasteiger partial charge in [-0.25, -0.2) is 18.2 Å². The third kappa shape index (κ3) is 3.80. The van der Waals surface area contributed by atoms with Gasteiger partial charge in [0.1, 0.15) is 21.2 Å². The summed E-state index contributed by atoms with van der Waals surface area (Å²) in [6, 6.07) is 19.0. The molecular weight excluding hydrogens is 512 g/mol. The Morgan fingerprint density at radius 2 is 1.84 bits per heavy atom. The molecule has 8 nitrogen and oxygen atoms in total. The van der Waals surface area contributed by atoms with Gasteiger partial charge in [0.25, 0.3) is 15.9 Å². The SMILES string of the molecule is CC(C)c1cccc2c1C(=O)N(COc1ccc3cc(-c4nc5ccccc5s4)c(=O)oc3c1)S2(=O)=O. The Hall–Kier alpha value is -4.02. The number of para-hydroxylation sites is 1. The van der Waals surface area contributed by atoms with Crippen molar-refractivity contribution in [3.63, 3.8) is 0 Å². The van der Waals surface area contributed by atoms with Crippen LogP contribution in [0.5, 0.6) is 5.75 Å². The fraction of sp³-hybridized carbons (Fsp3) is 0.148. The van der Waals surface area contributed by atoms with E-state index in [2.05, 4.69) is 4.98 Å². The van der Waals surface area contributed by atoms with Crippen molar-refractivity contribution in [3.05, 3.63) is 88.3 Å². The molecule has 0 saturated carbocycles. The Morgan fingerprint density at radius 1 is 1.03 bits per heavy atom. The van der Waals surface area contributed by atoms with E-state index in [1.54, 1.807) is 30.3 Å². The first kappa shape index (κ1) is 23.4. The summed E-state index contributed by atoms with van der Waals surface area (Å²) in [5.74, 6) is -0.385. The van der Waals surface area contributed by atoms with E-state index in [9.17, 15) is 18.0 Å². The van der Waals surface area contributed by atoms with Crippen LogP contribution in [0.3, 0.4) is 0 Å². The van der Waals surface area contributed by atoms with E-state index in [-0.39, 0.29) is 27.7 Å². The number of aromatic nitrogens is 1. The molecule has 0 N–H and O–H groups in total. The minimum absolute atomic E-state index is 0.0146. The topological polar surface area (TPSA) is 107 Å². The first-order valence-corrected chi connectivity index (χ1v) is 13.8. The van der Waals surface area contributed by atoms with Gasteiger partial charge in [0.15, 0.2) is 6.73 Å². The fourth-order valence-electron chi connectivity index (χ4n) is 4.40. The molecule has 2 aromatic heterocycles. The molecule has 1 aliphatic heterocycles. The Bertz CT molecular complexity index is 1860. The van der Waals surface area contributed by atoms with Crippen molar-refractivity contribution in [2.45, 2.75) is 24.7 Å². The van der Waals surface area contributed by atoms with Gasteiger partial charge in [-0.1, -0.05) is 38.1 Å². The molecule has 0 atom stereocenters. The Balaban J connectivity index is 1.28. The molecule has 5 aromatic rings. The van der Waals surface area contributed by atoms with Crippen LogP contribution >= 0.6 is 11.3 Å². The normalized spacial score (nSPS) is 14.6. The van der Waals surface area contributed by atoms with Gasteiger partial charge in [-0.2, -0.15) is 4.31 Å². The molecule has 0 aliphatic carbocycles. The second-order valence-corrected chi connectivity index (χ2v) is 11.8. The van der Waals surface area contributed by atoms with Crippen molar-refractivity contribution in [3.8, 4) is 16.3 Å². The van der Waals surface area contributed by atoms with Crippen LogP contribution in [-0.2, 0) is 10.0 Å². The standard InChI is InChI=1S/C27H20N2O6S2/c1-15(2)18-6-5-9-23-24(18)26(30)29(37(23,32)33)14-34-17-11-10-16-12-19(27(31)35-21(16)13-17)25-28-20-7-3-4-8-22(20)36-25/h3-13,15H,14H2,1-2H3. The van der Waals surface area contributed by atoms with E-state index in [1.165, 1.54) is 23.5 Å². The lowest BCUT2D eigenvalue weighted by molar-refractivity contribution is 0.0789. The maximum Gasteiger partial charge on any atom is 0.346 e. The van der Waals surface area contributed by atoms with Crippen LogP contribution in [0.2, 0.25) is 0 Å². The monoisotopic (exact) mass is 532 g/mol. The second kappa shape index (κ2) is 8.53. The maximum atomic E-state index is 13.1. The molecule has 3 heterocycles. The highest BCUT2D eigenvalue weighted by molar-refractivity contribution is 7.90. The van der Waals surface area contributed by atoms with Gasteiger partial charge in [0.2, 0.25) is 0 Å². The first-order chi connectivity index (χ1) is 17.7. The third-order valence-electron chi connectivity index (χ3n) is 6.27. The van der Waals surface area contributed by atoms with Gasteiger partial charge in [0.05, 0.1) is 21.3 Å². The van der Waals surface area contributed by atoms with E-state index >= 15 is 0 Å². The number of sulfonamides is 1. The highest BCUT2D eigenvalue weighted by Gasteiger charge is 2.43. The summed E-state index contributed by atoms with van der Waals surface area (Å²) >= 11 is 1.41. The molecule has 0 fully saturated rings. The lowest BCUT2D eigenvalue weighted by atomic mass is 9.97. The number of benzene rings is 3. The molecule has 1 aliphatic rings. The average molecular weight is 533 g/mol. The second-order valence-electron chi connectivity index (χ2n) is 8.94. The van der Waals surface area contributed by atoms with Crippen LogP contribution in [0, 0.1) is 0 Å². The number of carbonyl (C=O) groups excluding carboxylic acids is 1. The largest absolute Gasteiger partial charge is 0.472 e. The van der Waals surface area contributed by atoms with Crippen molar-refractivity contribution in [1.29, 1.82) is 0 Å². The van der Waals surface area contributed by atoms with Crippen molar-refractivity contribution >= 4 is 48.5 Å². The highest BCUT2D eigenvalue weighted by Crippen LogP contribution is 2.36. The van der Waals surface area contributed by atoms with Gasteiger partial charge >= 0.3 is 5.63 Å². The van der Waals surface area contributed by atoms with Crippen LogP contribution in [0.1, 0.15) is 35.7 Å². The number of hydrogen-bond donors (Lipinski definition) is 0. The molecule has 1 amide bonds. The number of thiazole rings is 1. The van der Waals surface area contributed by atoms with Crippen LogP contribution in [0.25, 0.3) is 31.8 Å². The van der Waals surface area contributed by atoms with Gasteiger partial charge in [0, 0.05) is 11.5 Å². The van der Waals surface area contributed by atoms with E-state index in [0.717, 1.165) is 14.5 Å². The van der Waals surface area contributed by atoms with Gasteiger partial charge in [-0.3, -0.25) is 4.79 Å². The van der Waals surface area contributed by atoms with E-state index in [0.29, 0.717) is 21.5 Å². The van der Waals surface area contributed by atoms with Crippen LogP contribution in [0.4, 0.5) is 0 Å². The molecule has 6 rings (SSSR count). The summed E-state index contributed by atoms with van der Waals surface area (Å²) < 4.78 is 39.0. The zero-order valence-corrected chi connectivity index (χ0v) is 21.4. The lowest BCUT2D eigenvalue weighted by Gasteiger charge is -2.16. The quantitative estimate of drug-likeness (QED) is 0.280. The summed E-state index contributed by atoms with van der Waals surface area (Å²) in [4.78, 5) is 30.3. The Morgan fingerprint density at radius 3 is 2.62 bits per heavy atom. The molecule has 0 unspecified atom stereocenters. The average Bonchev–Trinajstić information content (AvgIpc) is 3.39. The number of nitrogens with zero attached hydrogens (tertiary/aromatic N) is 2.